The molecule has 1 saturated heterocycles. The lowest BCUT2D eigenvalue weighted by Gasteiger charge is -2.28. The monoisotopic (exact) mass is 585 g/mol. The maximum absolute atomic E-state index is 12.8. The Hall–Kier alpha value is -4.87. The molecule has 0 saturated carbocycles. The molecule has 0 bridgehead atoms. The number of anilines is 2. The number of carbonyl (C=O) groups is 2. The van der Waals surface area contributed by atoms with Crippen molar-refractivity contribution in [1.82, 2.24) is 15.2 Å². The van der Waals surface area contributed by atoms with E-state index in [1.807, 2.05) is 42.5 Å². The number of hydrogen-bond donors (Lipinski definition) is 3. The summed E-state index contributed by atoms with van der Waals surface area (Å²) in [6.45, 7) is 4.24. The number of hydrogen-bond acceptors (Lipinski definition) is 8. The maximum atomic E-state index is 12.8. The molecule has 11 nitrogen and oxygen atoms in total. The minimum atomic E-state index is -0.505. The molecule has 224 valence electrons. The molecule has 0 radical (unpaired) electrons. The minimum Gasteiger partial charge on any atom is -0.496 e. The van der Waals surface area contributed by atoms with E-state index in [1.165, 1.54) is 6.39 Å². The van der Waals surface area contributed by atoms with Crippen LogP contribution in [0.15, 0.2) is 89.8 Å². The molecule has 0 aliphatic carbocycles. The fourth-order valence-corrected chi connectivity index (χ4v) is 4.80. The lowest BCUT2D eigenvalue weighted by Crippen LogP contribution is -2.37. The van der Waals surface area contributed by atoms with Gasteiger partial charge in [0.1, 0.15) is 11.9 Å². The largest absolute Gasteiger partial charge is 0.496 e. The van der Waals surface area contributed by atoms with Gasteiger partial charge in [0.05, 0.1) is 32.1 Å². The second kappa shape index (κ2) is 14.9. The Balaban J connectivity index is 1.13. The predicted molar refractivity (Wildman–Crippen MR) is 162 cm³/mol. The lowest BCUT2D eigenvalue weighted by molar-refractivity contribution is 0.0268. The quantitative estimate of drug-likeness (QED) is 0.205. The lowest BCUT2D eigenvalue weighted by atomic mass is 10.1. The zero-order valence-electron chi connectivity index (χ0n) is 24.0. The normalized spacial score (nSPS) is 14.0. The number of benzene rings is 3. The van der Waals surface area contributed by atoms with Crippen molar-refractivity contribution in [3.05, 3.63) is 96.5 Å². The number of carbonyl (C=O) groups excluding carboxylic acids is 2. The van der Waals surface area contributed by atoms with Gasteiger partial charge < -0.3 is 34.6 Å². The molecule has 1 atom stereocenters. The standard InChI is InChI=1S/C32H35N5O6/c1-40-29-19-26(10-11-27(29)30-21-33-22-42-30)36-31(38)35-25-9-5-6-23(18-25)20-34-32(39)43-28(24-7-3-2-4-8-24)12-13-37-14-16-41-17-15-37/h2-11,18-19,21-22,28H,12-17,20H2,1H3,(H,34,39)(H2,35,36,38). The molecule has 1 unspecified atom stereocenters. The van der Waals surface area contributed by atoms with E-state index in [4.69, 9.17) is 18.6 Å². The molecule has 1 aromatic heterocycles. The molecule has 3 N–H and O–H groups in total. The second-order valence-electron chi connectivity index (χ2n) is 9.96. The van der Waals surface area contributed by atoms with Gasteiger partial charge in [0.25, 0.3) is 0 Å². The average molecular weight is 586 g/mol. The number of nitrogens with one attached hydrogen (secondary N) is 3. The summed E-state index contributed by atoms with van der Waals surface area (Å²) >= 11 is 0. The van der Waals surface area contributed by atoms with E-state index in [1.54, 1.807) is 43.6 Å². The van der Waals surface area contributed by atoms with E-state index in [0.29, 0.717) is 29.3 Å². The molecule has 5 rings (SSSR count). The van der Waals surface area contributed by atoms with E-state index >= 15 is 0 Å². The van der Waals surface area contributed by atoms with Gasteiger partial charge >= 0.3 is 12.1 Å². The van der Waals surface area contributed by atoms with Crippen molar-refractivity contribution < 1.29 is 28.2 Å². The van der Waals surface area contributed by atoms with Gasteiger partial charge in [-0.1, -0.05) is 42.5 Å². The van der Waals surface area contributed by atoms with Gasteiger partial charge in [-0.15, -0.1) is 0 Å². The number of alkyl carbamates (subject to hydrolysis) is 1. The van der Waals surface area contributed by atoms with Crippen LogP contribution in [0.5, 0.6) is 5.75 Å². The molecule has 1 fully saturated rings. The van der Waals surface area contributed by atoms with Crippen LogP contribution < -0.4 is 20.7 Å². The van der Waals surface area contributed by atoms with E-state index in [-0.39, 0.29) is 12.6 Å². The Morgan fingerprint density at radius 2 is 1.77 bits per heavy atom. The van der Waals surface area contributed by atoms with Crippen LogP contribution in [0, 0.1) is 0 Å². The first-order chi connectivity index (χ1) is 21.1. The molecule has 2 heterocycles. The van der Waals surface area contributed by atoms with E-state index in [2.05, 4.69) is 25.8 Å². The number of urea groups is 1. The fourth-order valence-electron chi connectivity index (χ4n) is 4.80. The zero-order chi connectivity index (χ0) is 29.9. The van der Waals surface area contributed by atoms with Crippen molar-refractivity contribution in [2.24, 2.45) is 0 Å². The van der Waals surface area contributed by atoms with Crippen LogP contribution in [-0.2, 0) is 16.0 Å². The molecular weight excluding hydrogens is 550 g/mol. The summed E-state index contributed by atoms with van der Waals surface area (Å²) in [7, 11) is 1.54. The number of amides is 3. The van der Waals surface area contributed by atoms with E-state index in [0.717, 1.165) is 49.5 Å². The van der Waals surface area contributed by atoms with Crippen LogP contribution in [0.3, 0.4) is 0 Å². The molecule has 4 aromatic rings. The van der Waals surface area contributed by atoms with Crippen LogP contribution >= 0.6 is 0 Å². The number of methoxy groups -OCH3 is 1. The molecule has 11 heteroatoms. The van der Waals surface area contributed by atoms with Crippen molar-refractivity contribution in [1.29, 1.82) is 0 Å². The molecule has 3 amide bonds. The maximum Gasteiger partial charge on any atom is 0.408 e. The van der Waals surface area contributed by atoms with Crippen molar-refractivity contribution in [3.63, 3.8) is 0 Å². The molecule has 1 aliphatic rings. The van der Waals surface area contributed by atoms with Crippen molar-refractivity contribution in [3.8, 4) is 17.1 Å². The van der Waals surface area contributed by atoms with Gasteiger partial charge in [-0.05, 0) is 35.4 Å². The molecule has 0 spiro atoms. The Bertz CT molecular complexity index is 1470. The minimum absolute atomic E-state index is 0.237. The van der Waals surface area contributed by atoms with Gasteiger partial charge in [-0.2, -0.15) is 0 Å². The molecule has 3 aromatic carbocycles. The van der Waals surface area contributed by atoms with Crippen molar-refractivity contribution in [2.45, 2.75) is 19.1 Å². The fraction of sp³-hybridized carbons (Fsp3) is 0.281. The number of nitrogens with zero attached hydrogens (tertiary/aromatic N) is 2. The van der Waals surface area contributed by atoms with Gasteiger partial charge in [-0.25, -0.2) is 14.6 Å². The number of ether oxygens (including phenoxy) is 3. The predicted octanol–water partition coefficient (Wildman–Crippen LogP) is 5.68. The smallest absolute Gasteiger partial charge is 0.408 e. The van der Waals surface area contributed by atoms with Gasteiger partial charge in [0.2, 0.25) is 0 Å². The molecular formula is C32H35N5O6. The van der Waals surface area contributed by atoms with Gasteiger partial charge in [0, 0.05) is 50.0 Å². The van der Waals surface area contributed by atoms with Gasteiger partial charge in [0.15, 0.2) is 12.2 Å². The Morgan fingerprint density at radius 1 is 0.977 bits per heavy atom. The summed E-state index contributed by atoms with van der Waals surface area (Å²) in [5, 5.41) is 8.46. The van der Waals surface area contributed by atoms with E-state index in [9.17, 15) is 9.59 Å². The number of oxazole rings is 1. The third-order valence-electron chi connectivity index (χ3n) is 7.01. The summed E-state index contributed by atoms with van der Waals surface area (Å²) in [5.41, 5.74) is 3.59. The highest BCUT2D eigenvalue weighted by Gasteiger charge is 2.19. The highest BCUT2D eigenvalue weighted by molar-refractivity contribution is 6.00. The van der Waals surface area contributed by atoms with E-state index < -0.39 is 12.1 Å². The number of morpholine rings is 1. The van der Waals surface area contributed by atoms with Crippen molar-refractivity contribution >= 4 is 23.5 Å². The van der Waals surface area contributed by atoms with Crippen LogP contribution in [0.1, 0.15) is 23.7 Å². The summed E-state index contributed by atoms with van der Waals surface area (Å²) in [6.07, 6.45) is 2.74. The first kappa shape index (κ1) is 29.6. The third-order valence-corrected chi connectivity index (χ3v) is 7.01. The second-order valence-corrected chi connectivity index (χ2v) is 9.96. The van der Waals surface area contributed by atoms with Crippen LogP contribution in [-0.4, -0.2) is 62.0 Å². The van der Waals surface area contributed by atoms with Crippen LogP contribution in [0.4, 0.5) is 21.0 Å². The Labute approximate surface area is 250 Å². The first-order valence-electron chi connectivity index (χ1n) is 14.1. The highest BCUT2D eigenvalue weighted by atomic mass is 16.6. The SMILES string of the molecule is COc1cc(NC(=O)Nc2cccc(CNC(=O)OC(CCN3CCOCC3)c3ccccc3)c2)ccc1-c1cnco1. The summed E-state index contributed by atoms with van der Waals surface area (Å²) in [5.74, 6) is 1.09. The topological polar surface area (TPSA) is 127 Å². The summed E-state index contributed by atoms with van der Waals surface area (Å²) in [6, 6.07) is 21.8. The van der Waals surface area contributed by atoms with Gasteiger partial charge in [-0.3, -0.25) is 4.90 Å². The number of aromatic nitrogens is 1. The van der Waals surface area contributed by atoms with Crippen molar-refractivity contribution in [2.75, 3.05) is 50.6 Å². The summed E-state index contributed by atoms with van der Waals surface area (Å²) in [4.78, 5) is 31.8. The van der Waals surface area contributed by atoms with Crippen LogP contribution in [0.2, 0.25) is 0 Å². The van der Waals surface area contributed by atoms with Crippen LogP contribution in [0.25, 0.3) is 11.3 Å². The average Bonchev–Trinajstić information content (AvgIpc) is 3.58. The highest BCUT2D eigenvalue weighted by Crippen LogP contribution is 2.32. The Morgan fingerprint density at radius 3 is 2.51 bits per heavy atom. The Kier molecular flexibility index (Phi) is 10.2. The number of rotatable bonds is 11. The first-order valence-corrected chi connectivity index (χ1v) is 14.1. The molecule has 43 heavy (non-hydrogen) atoms. The molecule has 1 aliphatic heterocycles. The third kappa shape index (κ3) is 8.57. The summed E-state index contributed by atoms with van der Waals surface area (Å²) < 4.78 is 22.1. The zero-order valence-corrected chi connectivity index (χ0v) is 24.0.